The van der Waals surface area contributed by atoms with Gasteiger partial charge in [0.15, 0.2) is 0 Å². The van der Waals surface area contributed by atoms with Crippen LogP contribution in [0.3, 0.4) is 0 Å². The summed E-state index contributed by atoms with van der Waals surface area (Å²) >= 11 is 0. The van der Waals surface area contributed by atoms with Gasteiger partial charge in [0.2, 0.25) is 0 Å². The van der Waals surface area contributed by atoms with Gasteiger partial charge in [-0.1, -0.05) is 60.8 Å². The Morgan fingerprint density at radius 1 is 0.682 bits per heavy atom. The predicted molar refractivity (Wildman–Crippen MR) is 90.3 cm³/mol. The van der Waals surface area contributed by atoms with Crippen molar-refractivity contribution in [2.24, 2.45) is 41.4 Å². The van der Waals surface area contributed by atoms with Crippen molar-refractivity contribution in [3.63, 3.8) is 0 Å². The summed E-state index contributed by atoms with van der Waals surface area (Å²) in [5, 5.41) is 0. The molecule has 0 bridgehead atoms. The number of halogens is 3. The van der Waals surface area contributed by atoms with Gasteiger partial charge in [0.1, 0.15) is 0 Å². The second-order valence-electron chi connectivity index (χ2n) is 7.63. The minimum Gasteiger partial charge on any atom is -0.251 e. The maximum atomic E-state index is 13.1. The third kappa shape index (κ3) is 6.50. The monoisotopic (exact) mass is 322 g/mol. The van der Waals surface area contributed by atoms with Crippen LogP contribution in [0.4, 0.5) is 13.2 Å². The third-order valence-electron chi connectivity index (χ3n) is 5.61. The van der Waals surface area contributed by atoms with E-state index >= 15 is 0 Å². The number of alkyl halides is 3. The normalized spacial score (nSPS) is 19.2. The second-order valence-corrected chi connectivity index (χ2v) is 7.63. The molecule has 0 saturated carbocycles. The lowest BCUT2D eigenvalue weighted by Gasteiger charge is -2.34. The lowest BCUT2D eigenvalue weighted by Crippen LogP contribution is -2.28. The van der Waals surface area contributed by atoms with Gasteiger partial charge in [0.05, 0.1) is 20.0 Å². The number of rotatable bonds is 12. The van der Waals surface area contributed by atoms with E-state index in [4.69, 9.17) is 0 Å². The Balaban J connectivity index is 4.61. The van der Waals surface area contributed by atoms with Crippen molar-refractivity contribution >= 4 is 0 Å². The average Bonchev–Trinajstić information content (AvgIpc) is 2.49. The molecule has 0 radical (unpaired) electrons. The Hall–Kier alpha value is -0.210. The third-order valence-corrected chi connectivity index (χ3v) is 5.61. The first-order valence-corrected chi connectivity index (χ1v) is 9.01. The Morgan fingerprint density at radius 3 is 1.55 bits per heavy atom. The molecule has 0 amide bonds. The molecule has 134 valence electrons. The Kier molecular flexibility index (Phi) is 11.2. The fourth-order valence-electron chi connectivity index (χ4n) is 4.38. The zero-order chi connectivity index (χ0) is 17.3. The zero-order valence-electron chi connectivity index (χ0n) is 15.4. The highest BCUT2D eigenvalue weighted by Crippen LogP contribution is 2.35. The fraction of sp³-hybridized carbons (Fsp3) is 1.00. The first kappa shape index (κ1) is 21.8. The highest BCUT2D eigenvalue weighted by Gasteiger charge is 2.29. The van der Waals surface area contributed by atoms with Gasteiger partial charge >= 0.3 is 0 Å². The van der Waals surface area contributed by atoms with Crippen LogP contribution in [-0.2, 0) is 0 Å². The molecule has 0 aromatic rings. The van der Waals surface area contributed by atoms with Crippen molar-refractivity contribution in [1.29, 1.82) is 0 Å². The van der Waals surface area contributed by atoms with Gasteiger partial charge in [-0.3, -0.25) is 13.2 Å². The molecule has 0 fully saturated rings. The standard InChI is InChI=1S/C19H37F3/c1-7-18(17(11-21)12-22)14(4)8-9-15(5)19(13(2)3)16(6)10-20/h13-19H,7-12H2,1-6H3. The summed E-state index contributed by atoms with van der Waals surface area (Å²) in [5.74, 6) is 1.33. The van der Waals surface area contributed by atoms with E-state index in [1.807, 2.05) is 13.8 Å². The minimum absolute atomic E-state index is 0.0803. The molecule has 0 rings (SSSR count). The summed E-state index contributed by atoms with van der Waals surface area (Å²) in [4.78, 5) is 0. The quantitative estimate of drug-likeness (QED) is 0.385. The minimum atomic E-state index is -0.567. The van der Waals surface area contributed by atoms with Crippen molar-refractivity contribution in [1.82, 2.24) is 0 Å². The van der Waals surface area contributed by atoms with Crippen molar-refractivity contribution in [2.75, 3.05) is 20.0 Å². The van der Waals surface area contributed by atoms with Crippen LogP contribution < -0.4 is 0 Å². The number of hydrogen-bond donors (Lipinski definition) is 0. The zero-order valence-corrected chi connectivity index (χ0v) is 15.4. The van der Waals surface area contributed by atoms with Crippen LogP contribution in [-0.4, -0.2) is 20.0 Å². The van der Waals surface area contributed by atoms with E-state index in [0.717, 1.165) is 19.3 Å². The first-order valence-electron chi connectivity index (χ1n) is 9.01. The maximum Gasteiger partial charge on any atom is 0.0950 e. The molecule has 22 heavy (non-hydrogen) atoms. The molecule has 0 aliphatic heterocycles. The van der Waals surface area contributed by atoms with E-state index in [9.17, 15) is 13.2 Å². The van der Waals surface area contributed by atoms with Crippen molar-refractivity contribution in [2.45, 2.75) is 60.8 Å². The van der Waals surface area contributed by atoms with Gasteiger partial charge in [-0.2, -0.15) is 0 Å². The van der Waals surface area contributed by atoms with Gasteiger partial charge < -0.3 is 0 Å². The first-order chi connectivity index (χ1) is 10.3. The van der Waals surface area contributed by atoms with Crippen LogP contribution in [0, 0.1) is 41.4 Å². The summed E-state index contributed by atoms with van der Waals surface area (Å²) < 4.78 is 39.0. The van der Waals surface area contributed by atoms with Crippen molar-refractivity contribution in [3.05, 3.63) is 0 Å². The van der Waals surface area contributed by atoms with Crippen LogP contribution in [0.1, 0.15) is 60.8 Å². The molecule has 0 aromatic heterocycles. The van der Waals surface area contributed by atoms with Crippen molar-refractivity contribution in [3.8, 4) is 0 Å². The van der Waals surface area contributed by atoms with E-state index in [-0.39, 0.29) is 18.5 Å². The van der Waals surface area contributed by atoms with Gasteiger partial charge in [0, 0.05) is 5.92 Å². The molecule has 0 heterocycles. The molecule has 0 saturated heterocycles. The highest BCUT2D eigenvalue weighted by atomic mass is 19.1. The fourth-order valence-corrected chi connectivity index (χ4v) is 4.38. The SMILES string of the molecule is CCC(C(C)CCC(C)C(C(C)C)C(C)CF)C(CF)CF. The lowest BCUT2D eigenvalue weighted by molar-refractivity contribution is 0.123. The molecular weight excluding hydrogens is 285 g/mol. The largest absolute Gasteiger partial charge is 0.251 e. The molecule has 0 N–H and O–H groups in total. The van der Waals surface area contributed by atoms with Gasteiger partial charge in [-0.25, -0.2) is 0 Å². The van der Waals surface area contributed by atoms with Gasteiger partial charge in [-0.15, -0.1) is 0 Å². The molecule has 0 spiro atoms. The smallest absolute Gasteiger partial charge is 0.0950 e. The molecular formula is C19H37F3. The van der Waals surface area contributed by atoms with Crippen molar-refractivity contribution < 1.29 is 13.2 Å². The van der Waals surface area contributed by atoms with Crippen LogP contribution >= 0.6 is 0 Å². The van der Waals surface area contributed by atoms with Crippen LogP contribution in [0.25, 0.3) is 0 Å². The van der Waals surface area contributed by atoms with E-state index in [0.29, 0.717) is 23.7 Å². The summed E-state index contributed by atoms with van der Waals surface area (Å²) in [7, 11) is 0. The molecule has 0 aromatic carbocycles. The second kappa shape index (κ2) is 11.3. The Labute approximate surface area is 136 Å². The Bertz CT molecular complexity index is 263. The maximum absolute atomic E-state index is 13.1. The molecule has 5 atom stereocenters. The lowest BCUT2D eigenvalue weighted by atomic mass is 9.72. The molecule has 3 heteroatoms. The van der Waals surface area contributed by atoms with E-state index in [1.165, 1.54) is 0 Å². The number of hydrogen-bond acceptors (Lipinski definition) is 0. The van der Waals surface area contributed by atoms with Gasteiger partial charge in [0.25, 0.3) is 0 Å². The summed E-state index contributed by atoms with van der Waals surface area (Å²) in [6.45, 7) is 11.2. The molecule has 0 aliphatic rings. The van der Waals surface area contributed by atoms with Crippen LogP contribution in [0.15, 0.2) is 0 Å². The summed E-state index contributed by atoms with van der Waals surface area (Å²) in [5.41, 5.74) is 0. The molecule has 5 unspecified atom stereocenters. The van der Waals surface area contributed by atoms with Crippen LogP contribution in [0.5, 0.6) is 0 Å². The van der Waals surface area contributed by atoms with Gasteiger partial charge in [-0.05, 0) is 35.5 Å². The van der Waals surface area contributed by atoms with E-state index in [1.54, 1.807) is 0 Å². The summed E-state index contributed by atoms with van der Waals surface area (Å²) in [6, 6.07) is 0. The molecule has 0 aliphatic carbocycles. The summed E-state index contributed by atoms with van der Waals surface area (Å²) in [6.07, 6.45) is 2.80. The Morgan fingerprint density at radius 2 is 1.18 bits per heavy atom. The predicted octanol–water partition coefficient (Wildman–Crippen LogP) is 6.50. The van der Waals surface area contributed by atoms with E-state index in [2.05, 4.69) is 27.7 Å². The topological polar surface area (TPSA) is 0 Å². The average molecular weight is 322 g/mol. The van der Waals surface area contributed by atoms with E-state index < -0.39 is 19.3 Å². The molecule has 0 nitrogen and oxygen atoms in total. The highest BCUT2D eigenvalue weighted by molar-refractivity contribution is 4.78. The van der Waals surface area contributed by atoms with Crippen LogP contribution in [0.2, 0.25) is 0 Å².